The largest absolute Gasteiger partial charge is 0.508 e. The standard InChI is InChI=1S/C13H16O6S/c1-7(14)20-6-11(16)13(19)9-4-8(5-12(17)18)2-3-10(9)15/h2-4,11,13,15-16,19H,5-6H2,1H3,(H,17,18). The summed E-state index contributed by atoms with van der Waals surface area (Å²) < 4.78 is 0. The van der Waals surface area contributed by atoms with E-state index in [0.29, 0.717) is 5.56 Å². The first-order valence-corrected chi connectivity index (χ1v) is 6.83. The normalized spacial score (nSPS) is 13.8. The van der Waals surface area contributed by atoms with Crippen LogP contribution >= 0.6 is 11.8 Å². The molecule has 2 atom stereocenters. The molecule has 1 aromatic rings. The van der Waals surface area contributed by atoms with Crippen molar-refractivity contribution >= 4 is 22.8 Å². The Morgan fingerprint density at radius 2 is 1.95 bits per heavy atom. The minimum Gasteiger partial charge on any atom is -0.508 e. The number of carboxylic acids is 1. The average Bonchev–Trinajstić information content (AvgIpc) is 2.36. The quantitative estimate of drug-likeness (QED) is 0.611. The minimum atomic E-state index is -1.39. The maximum absolute atomic E-state index is 10.8. The molecule has 0 heterocycles. The van der Waals surface area contributed by atoms with Crippen molar-refractivity contribution in [3.8, 4) is 5.75 Å². The molecule has 6 nitrogen and oxygen atoms in total. The van der Waals surface area contributed by atoms with Gasteiger partial charge in [0.05, 0.1) is 12.5 Å². The molecular formula is C13H16O6S. The number of thioether (sulfide) groups is 1. The predicted octanol–water partition coefficient (Wildman–Crippen LogP) is 0.693. The van der Waals surface area contributed by atoms with Crippen molar-refractivity contribution in [3.05, 3.63) is 29.3 Å². The van der Waals surface area contributed by atoms with E-state index in [1.807, 2.05) is 0 Å². The molecule has 0 fully saturated rings. The fourth-order valence-corrected chi connectivity index (χ4v) is 2.21. The van der Waals surface area contributed by atoms with E-state index in [9.17, 15) is 24.9 Å². The van der Waals surface area contributed by atoms with E-state index in [4.69, 9.17) is 5.11 Å². The van der Waals surface area contributed by atoms with Crippen LogP contribution in [0.1, 0.15) is 24.2 Å². The second-order valence-corrected chi connectivity index (χ2v) is 5.48. The molecule has 0 saturated carbocycles. The summed E-state index contributed by atoms with van der Waals surface area (Å²) in [5, 5.41) is 37.9. The molecule has 1 aromatic carbocycles. The molecule has 0 radical (unpaired) electrons. The lowest BCUT2D eigenvalue weighted by molar-refractivity contribution is -0.136. The Balaban J connectivity index is 2.87. The molecule has 0 aromatic heterocycles. The number of hydrogen-bond acceptors (Lipinski definition) is 6. The summed E-state index contributed by atoms with van der Waals surface area (Å²) in [5.74, 6) is -1.29. The third-order valence-electron chi connectivity index (χ3n) is 2.59. The van der Waals surface area contributed by atoms with Crippen molar-refractivity contribution in [3.63, 3.8) is 0 Å². The van der Waals surface area contributed by atoms with Gasteiger partial charge in [0, 0.05) is 18.2 Å². The van der Waals surface area contributed by atoms with Crippen molar-refractivity contribution < 1.29 is 30.0 Å². The van der Waals surface area contributed by atoms with Gasteiger partial charge in [-0.15, -0.1) is 0 Å². The molecule has 4 N–H and O–H groups in total. The van der Waals surface area contributed by atoms with Crippen LogP contribution in [0.5, 0.6) is 5.75 Å². The lowest BCUT2D eigenvalue weighted by atomic mass is 10.00. The zero-order valence-electron chi connectivity index (χ0n) is 10.8. The Morgan fingerprint density at radius 3 is 2.50 bits per heavy atom. The zero-order chi connectivity index (χ0) is 15.3. The molecule has 2 unspecified atom stereocenters. The van der Waals surface area contributed by atoms with Gasteiger partial charge in [0.25, 0.3) is 0 Å². The van der Waals surface area contributed by atoms with Crippen LogP contribution in [0.15, 0.2) is 18.2 Å². The Hall–Kier alpha value is -1.57. The first-order valence-electron chi connectivity index (χ1n) is 5.84. The number of carbonyl (C=O) groups is 2. The van der Waals surface area contributed by atoms with Gasteiger partial charge in [0.2, 0.25) is 0 Å². The number of carboxylic acid groups (broad SMARTS) is 1. The summed E-state index contributed by atoms with van der Waals surface area (Å²) in [6.45, 7) is 1.34. The third-order valence-corrected chi connectivity index (χ3v) is 3.50. The average molecular weight is 300 g/mol. The Labute approximate surface area is 120 Å². The molecule has 110 valence electrons. The zero-order valence-corrected chi connectivity index (χ0v) is 11.6. The van der Waals surface area contributed by atoms with Crippen LogP contribution < -0.4 is 0 Å². The Kier molecular flexibility index (Phi) is 6.00. The summed E-state index contributed by atoms with van der Waals surface area (Å²) >= 11 is 0.858. The van der Waals surface area contributed by atoms with Crippen LogP contribution in [0.4, 0.5) is 0 Å². The molecule has 0 aliphatic carbocycles. The number of hydrogen-bond donors (Lipinski definition) is 4. The Bertz CT molecular complexity index is 502. The van der Waals surface area contributed by atoms with Crippen LogP contribution in [-0.4, -0.2) is 43.4 Å². The number of aliphatic hydroxyl groups excluding tert-OH is 2. The molecule has 0 spiro atoms. The second kappa shape index (κ2) is 7.28. The summed E-state index contributed by atoms with van der Waals surface area (Å²) in [4.78, 5) is 21.4. The Morgan fingerprint density at radius 1 is 1.30 bits per heavy atom. The van der Waals surface area contributed by atoms with Gasteiger partial charge in [-0.05, 0) is 17.7 Å². The number of aliphatic hydroxyl groups is 2. The summed E-state index contributed by atoms with van der Waals surface area (Å²) in [6, 6.07) is 4.02. The first-order chi connectivity index (χ1) is 9.31. The van der Waals surface area contributed by atoms with Gasteiger partial charge < -0.3 is 20.4 Å². The molecule has 0 bridgehead atoms. The van der Waals surface area contributed by atoms with Crippen molar-refractivity contribution in [1.29, 1.82) is 0 Å². The maximum atomic E-state index is 10.8. The van der Waals surface area contributed by atoms with E-state index < -0.39 is 18.2 Å². The van der Waals surface area contributed by atoms with Crippen LogP contribution in [0.2, 0.25) is 0 Å². The molecule has 0 aliphatic rings. The van der Waals surface area contributed by atoms with Gasteiger partial charge in [0.15, 0.2) is 5.12 Å². The van der Waals surface area contributed by atoms with Crippen molar-refractivity contribution in [1.82, 2.24) is 0 Å². The predicted molar refractivity (Wildman–Crippen MR) is 73.6 cm³/mol. The molecule has 0 saturated heterocycles. The van der Waals surface area contributed by atoms with Crippen molar-refractivity contribution in [2.24, 2.45) is 0 Å². The topological polar surface area (TPSA) is 115 Å². The highest BCUT2D eigenvalue weighted by Crippen LogP contribution is 2.29. The number of carbonyl (C=O) groups excluding carboxylic acids is 1. The highest BCUT2D eigenvalue weighted by Gasteiger charge is 2.22. The molecule has 1 rings (SSSR count). The molecule has 7 heteroatoms. The molecule has 0 aliphatic heterocycles. The van der Waals surface area contributed by atoms with Gasteiger partial charge in [-0.1, -0.05) is 17.8 Å². The highest BCUT2D eigenvalue weighted by molar-refractivity contribution is 8.13. The van der Waals surface area contributed by atoms with Gasteiger partial charge >= 0.3 is 5.97 Å². The van der Waals surface area contributed by atoms with E-state index >= 15 is 0 Å². The fourth-order valence-electron chi connectivity index (χ4n) is 1.63. The molecule has 20 heavy (non-hydrogen) atoms. The van der Waals surface area contributed by atoms with E-state index in [0.717, 1.165) is 11.8 Å². The van der Waals surface area contributed by atoms with Crippen molar-refractivity contribution in [2.75, 3.05) is 5.75 Å². The van der Waals surface area contributed by atoms with E-state index in [1.54, 1.807) is 0 Å². The van der Waals surface area contributed by atoms with Gasteiger partial charge in [0.1, 0.15) is 11.9 Å². The summed E-state index contributed by atoms with van der Waals surface area (Å²) in [5.41, 5.74) is 0.441. The van der Waals surface area contributed by atoms with E-state index in [-0.39, 0.29) is 28.6 Å². The second-order valence-electron chi connectivity index (χ2n) is 4.28. The number of benzene rings is 1. The first kappa shape index (κ1) is 16.5. The van der Waals surface area contributed by atoms with Gasteiger partial charge in [-0.25, -0.2) is 0 Å². The number of phenolic OH excluding ortho intramolecular Hbond substituents is 1. The summed E-state index contributed by atoms with van der Waals surface area (Å²) in [6.07, 6.45) is -2.89. The molecule has 0 amide bonds. The fraction of sp³-hybridized carbons (Fsp3) is 0.385. The highest BCUT2D eigenvalue weighted by atomic mass is 32.2. The van der Waals surface area contributed by atoms with Crippen LogP contribution in [0.25, 0.3) is 0 Å². The maximum Gasteiger partial charge on any atom is 0.307 e. The lowest BCUT2D eigenvalue weighted by Crippen LogP contribution is -2.21. The monoisotopic (exact) mass is 300 g/mol. The molecular weight excluding hydrogens is 284 g/mol. The summed E-state index contributed by atoms with van der Waals surface area (Å²) in [7, 11) is 0. The van der Waals surface area contributed by atoms with Crippen LogP contribution in [-0.2, 0) is 16.0 Å². The van der Waals surface area contributed by atoms with Crippen LogP contribution in [0, 0.1) is 0 Å². The number of aromatic hydroxyl groups is 1. The van der Waals surface area contributed by atoms with Gasteiger partial charge in [-0.3, -0.25) is 9.59 Å². The third kappa shape index (κ3) is 4.84. The minimum absolute atomic E-state index is 0.0148. The van der Waals surface area contributed by atoms with E-state index in [1.165, 1.54) is 25.1 Å². The van der Waals surface area contributed by atoms with Gasteiger partial charge in [-0.2, -0.15) is 0 Å². The lowest BCUT2D eigenvalue weighted by Gasteiger charge is -2.19. The SMILES string of the molecule is CC(=O)SCC(O)C(O)c1cc(CC(=O)O)ccc1O. The van der Waals surface area contributed by atoms with E-state index in [2.05, 4.69) is 0 Å². The number of aliphatic carboxylic acids is 1. The van der Waals surface area contributed by atoms with Crippen molar-refractivity contribution in [2.45, 2.75) is 25.6 Å². The number of phenols is 1. The smallest absolute Gasteiger partial charge is 0.307 e. The number of rotatable bonds is 6. The van der Waals surface area contributed by atoms with Crippen LogP contribution in [0.3, 0.4) is 0 Å².